The highest BCUT2D eigenvalue weighted by Crippen LogP contribution is 2.13. The maximum Gasteiger partial charge on any atom is 0.225 e. The number of carbonyl (C=O) groups is 1. The molecule has 0 bridgehead atoms. The van der Waals surface area contributed by atoms with Crippen LogP contribution in [0, 0.1) is 5.92 Å². The highest BCUT2D eigenvalue weighted by atomic mass is 16.2. The van der Waals surface area contributed by atoms with Crippen LogP contribution in [0.25, 0.3) is 5.69 Å². The molecule has 0 spiro atoms. The quantitative estimate of drug-likeness (QED) is 0.593. The first-order valence-corrected chi connectivity index (χ1v) is 9.99. The fraction of sp³-hybridized carbons (Fsp3) is 0.476. The van der Waals surface area contributed by atoms with Gasteiger partial charge in [0.05, 0.1) is 12.2 Å². The van der Waals surface area contributed by atoms with Crippen LogP contribution in [-0.4, -0.2) is 52.2 Å². The van der Waals surface area contributed by atoms with E-state index < -0.39 is 0 Å². The molecule has 2 heterocycles. The van der Waals surface area contributed by atoms with E-state index in [1.807, 2.05) is 47.8 Å². The minimum Gasteiger partial charge on any atom is -0.357 e. The van der Waals surface area contributed by atoms with Crippen molar-refractivity contribution in [3.8, 4) is 5.69 Å². The van der Waals surface area contributed by atoms with Gasteiger partial charge in [0.25, 0.3) is 0 Å². The van der Waals surface area contributed by atoms with Crippen molar-refractivity contribution in [2.45, 2.75) is 39.8 Å². The molecule has 2 aromatic rings. The molecule has 150 valence electrons. The predicted molar refractivity (Wildman–Crippen MR) is 111 cm³/mol. The zero-order chi connectivity index (χ0) is 19.9. The average Bonchev–Trinajstić information content (AvgIpc) is 3.38. The summed E-state index contributed by atoms with van der Waals surface area (Å²) in [6.07, 6.45) is 4.64. The molecule has 0 aliphatic carbocycles. The number of nitrogens with zero attached hydrogens (tertiary/aromatic N) is 4. The van der Waals surface area contributed by atoms with Gasteiger partial charge >= 0.3 is 0 Å². The second-order valence-corrected chi connectivity index (χ2v) is 7.38. The molecule has 28 heavy (non-hydrogen) atoms. The van der Waals surface area contributed by atoms with E-state index >= 15 is 0 Å². The van der Waals surface area contributed by atoms with Gasteiger partial charge in [-0.2, -0.15) is 5.10 Å². The highest BCUT2D eigenvalue weighted by Gasteiger charge is 2.27. The molecule has 1 fully saturated rings. The molecular formula is C21H30N6O. The van der Waals surface area contributed by atoms with E-state index in [2.05, 4.69) is 34.8 Å². The number of benzene rings is 1. The van der Waals surface area contributed by atoms with Crippen molar-refractivity contribution in [3.05, 3.63) is 48.3 Å². The second-order valence-electron chi connectivity index (χ2n) is 7.38. The number of carbonyl (C=O) groups excluding carboxylic acids is 1. The van der Waals surface area contributed by atoms with Gasteiger partial charge in [0.1, 0.15) is 0 Å². The third kappa shape index (κ3) is 5.12. The Balaban J connectivity index is 1.62. The van der Waals surface area contributed by atoms with Gasteiger partial charge in [0, 0.05) is 44.0 Å². The predicted octanol–water partition coefficient (Wildman–Crippen LogP) is 2.18. The smallest absolute Gasteiger partial charge is 0.225 e. The number of hydrogen-bond acceptors (Lipinski definition) is 3. The van der Waals surface area contributed by atoms with Crippen molar-refractivity contribution >= 4 is 11.9 Å². The lowest BCUT2D eigenvalue weighted by Gasteiger charge is -2.20. The topological polar surface area (TPSA) is 74.6 Å². The van der Waals surface area contributed by atoms with Gasteiger partial charge in [-0.25, -0.2) is 9.67 Å². The molecule has 7 heteroatoms. The third-order valence-electron chi connectivity index (χ3n) is 4.78. The number of likely N-dealkylation sites (tertiary alicyclic amines) is 1. The number of amides is 1. The Labute approximate surface area is 166 Å². The van der Waals surface area contributed by atoms with Crippen LogP contribution in [0.15, 0.2) is 47.7 Å². The fourth-order valence-electron chi connectivity index (χ4n) is 3.35. The van der Waals surface area contributed by atoms with Crippen LogP contribution in [0.2, 0.25) is 0 Å². The molecular weight excluding hydrogens is 352 g/mol. The van der Waals surface area contributed by atoms with E-state index in [0.717, 1.165) is 43.3 Å². The minimum absolute atomic E-state index is 0.0442. The molecule has 7 nitrogen and oxygen atoms in total. The first-order valence-electron chi connectivity index (χ1n) is 9.99. The average molecular weight is 383 g/mol. The summed E-state index contributed by atoms with van der Waals surface area (Å²) >= 11 is 0. The van der Waals surface area contributed by atoms with Crippen LogP contribution < -0.4 is 10.6 Å². The van der Waals surface area contributed by atoms with Gasteiger partial charge in [0.2, 0.25) is 5.91 Å². The molecule has 1 atom stereocenters. The largest absolute Gasteiger partial charge is 0.357 e. The van der Waals surface area contributed by atoms with Crippen molar-refractivity contribution < 1.29 is 4.79 Å². The number of rotatable bonds is 6. The van der Waals surface area contributed by atoms with Crippen LogP contribution in [0.4, 0.5) is 0 Å². The molecule has 1 aromatic heterocycles. The molecule has 1 aromatic carbocycles. The van der Waals surface area contributed by atoms with Crippen LogP contribution in [-0.2, 0) is 11.3 Å². The molecule has 1 aliphatic rings. The summed E-state index contributed by atoms with van der Waals surface area (Å²) in [5.74, 6) is 1.06. The van der Waals surface area contributed by atoms with E-state index in [0.29, 0.717) is 6.54 Å². The maximum absolute atomic E-state index is 12.2. The Bertz CT molecular complexity index is 799. The van der Waals surface area contributed by atoms with E-state index in [4.69, 9.17) is 4.99 Å². The number of nitrogens with one attached hydrogen (secondary N) is 2. The molecule has 1 saturated heterocycles. The molecule has 1 aliphatic heterocycles. The number of aliphatic imine (C=N–C) groups is 1. The summed E-state index contributed by atoms with van der Waals surface area (Å²) < 4.78 is 1.84. The molecule has 0 saturated carbocycles. The normalized spacial score (nSPS) is 17.2. The summed E-state index contributed by atoms with van der Waals surface area (Å²) in [7, 11) is 0. The molecule has 1 amide bonds. The van der Waals surface area contributed by atoms with E-state index in [-0.39, 0.29) is 17.9 Å². The lowest BCUT2D eigenvalue weighted by Crippen LogP contribution is -2.45. The maximum atomic E-state index is 12.2. The zero-order valence-electron chi connectivity index (χ0n) is 16.9. The Morgan fingerprint density at radius 2 is 2.21 bits per heavy atom. The van der Waals surface area contributed by atoms with Gasteiger partial charge in [-0.3, -0.25) is 4.79 Å². The Morgan fingerprint density at radius 3 is 2.93 bits per heavy atom. The van der Waals surface area contributed by atoms with Gasteiger partial charge in [-0.15, -0.1) is 0 Å². The highest BCUT2D eigenvalue weighted by molar-refractivity contribution is 5.81. The van der Waals surface area contributed by atoms with Gasteiger partial charge in [0.15, 0.2) is 5.96 Å². The first-order chi connectivity index (χ1) is 13.6. The van der Waals surface area contributed by atoms with Gasteiger partial charge < -0.3 is 15.5 Å². The summed E-state index contributed by atoms with van der Waals surface area (Å²) in [6.45, 7) is 8.86. The summed E-state index contributed by atoms with van der Waals surface area (Å²) in [6, 6.07) is 10.4. The molecule has 1 unspecified atom stereocenters. The number of aromatic nitrogens is 2. The van der Waals surface area contributed by atoms with E-state index in [1.165, 1.54) is 0 Å². The Hall–Kier alpha value is -2.83. The van der Waals surface area contributed by atoms with Crippen molar-refractivity contribution in [2.75, 3.05) is 19.6 Å². The first kappa shape index (κ1) is 19.9. The van der Waals surface area contributed by atoms with Gasteiger partial charge in [-0.1, -0.05) is 26.0 Å². The van der Waals surface area contributed by atoms with E-state index in [9.17, 15) is 4.79 Å². The lowest BCUT2D eigenvalue weighted by atomic mass is 10.2. The monoisotopic (exact) mass is 382 g/mol. The lowest BCUT2D eigenvalue weighted by molar-refractivity contribution is -0.133. The van der Waals surface area contributed by atoms with Crippen LogP contribution in [0.3, 0.4) is 0 Å². The molecule has 0 radical (unpaired) electrons. The van der Waals surface area contributed by atoms with Crippen LogP contribution >= 0.6 is 0 Å². The summed E-state index contributed by atoms with van der Waals surface area (Å²) in [5.41, 5.74) is 2.14. The summed E-state index contributed by atoms with van der Waals surface area (Å²) in [5, 5.41) is 11.1. The van der Waals surface area contributed by atoms with Crippen molar-refractivity contribution in [3.63, 3.8) is 0 Å². The molecule has 3 rings (SSSR count). The van der Waals surface area contributed by atoms with E-state index in [1.54, 1.807) is 6.20 Å². The van der Waals surface area contributed by atoms with Gasteiger partial charge in [-0.05, 0) is 37.1 Å². The zero-order valence-corrected chi connectivity index (χ0v) is 16.9. The third-order valence-corrected chi connectivity index (χ3v) is 4.78. The Kier molecular flexibility index (Phi) is 6.68. The van der Waals surface area contributed by atoms with Crippen LogP contribution in [0.5, 0.6) is 0 Å². The standard InChI is InChI=1S/C21H30N6O/c1-4-22-21(25-18-9-12-26(15-18)20(28)16(2)3)23-14-17-7-5-8-19(13-17)27-11-6-10-24-27/h5-8,10-11,13,16,18H,4,9,12,14-15H2,1-3H3,(H2,22,23,25). The van der Waals surface area contributed by atoms with Crippen molar-refractivity contribution in [1.29, 1.82) is 0 Å². The van der Waals surface area contributed by atoms with Crippen molar-refractivity contribution in [2.24, 2.45) is 10.9 Å². The Morgan fingerprint density at radius 1 is 1.36 bits per heavy atom. The minimum atomic E-state index is 0.0442. The van der Waals surface area contributed by atoms with Crippen molar-refractivity contribution in [1.82, 2.24) is 25.3 Å². The summed E-state index contributed by atoms with van der Waals surface area (Å²) in [4.78, 5) is 18.9. The number of guanidine groups is 1. The fourth-order valence-corrected chi connectivity index (χ4v) is 3.35. The van der Waals surface area contributed by atoms with Crippen LogP contribution in [0.1, 0.15) is 32.8 Å². The number of hydrogen-bond donors (Lipinski definition) is 2. The SMILES string of the molecule is CCNC(=NCc1cccc(-n2cccn2)c1)NC1CCN(C(=O)C(C)C)C1. The second kappa shape index (κ2) is 9.39. The molecule has 2 N–H and O–H groups in total.